The average molecular weight is 295 g/mol. The molecule has 4 nitrogen and oxygen atoms in total. The number of hydrogen-bond acceptors (Lipinski definition) is 3. The van der Waals surface area contributed by atoms with Crippen LogP contribution in [0.5, 0.6) is 0 Å². The monoisotopic (exact) mass is 295 g/mol. The Hall–Kier alpha value is -0.610. The first-order valence-corrected chi connectivity index (χ1v) is 8.89. The van der Waals surface area contributed by atoms with Crippen molar-refractivity contribution in [1.29, 1.82) is 0 Å². The van der Waals surface area contributed by atoms with Crippen LogP contribution in [0.1, 0.15) is 58.8 Å². The van der Waals surface area contributed by atoms with Gasteiger partial charge in [-0.3, -0.25) is 4.79 Å². The Morgan fingerprint density at radius 3 is 2.81 bits per heavy atom. The molecule has 21 heavy (non-hydrogen) atoms. The smallest absolute Gasteiger partial charge is 0.238 e. The zero-order valence-corrected chi connectivity index (χ0v) is 13.9. The van der Waals surface area contributed by atoms with Crippen LogP contribution in [0.2, 0.25) is 0 Å². The third kappa shape index (κ3) is 3.78. The minimum absolute atomic E-state index is 0.142. The number of nitrogens with zero attached hydrogens (tertiary/aromatic N) is 1. The Morgan fingerprint density at radius 2 is 2.14 bits per heavy atom. The lowest BCUT2D eigenvalue weighted by Crippen LogP contribution is -2.58. The van der Waals surface area contributed by atoms with Crippen molar-refractivity contribution in [2.24, 2.45) is 17.6 Å². The number of nitrogens with one attached hydrogen (secondary N) is 1. The van der Waals surface area contributed by atoms with Gasteiger partial charge in [0.1, 0.15) is 5.54 Å². The SMILES string of the molecule is CCNC1(C(N)=O)CCCC1CCN1CCCC(CC)C1. The number of likely N-dealkylation sites (tertiary alicyclic amines) is 1. The second kappa shape index (κ2) is 7.59. The van der Waals surface area contributed by atoms with Crippen LogP contribution in [0.4, 0.5) is 0 Å². The summed E-state index contributed by atoms with van der Waals surface area (Å²) in [7, 11) is 0. The maximum atomic E-state index is 12.0. The zero-order valence-electron chi connectivity index (χ0n) is 13.9. The number of carbonyl (C=O) groups is 1. The van der Waals surface area contributed by atoms with Crippen LogP contribution in [-0.2, 0) is 4.79 Å². The fraction of sp³-hybridized carbons (Fsp3) is 0.941. The molecule has 1 aliphatic carbocycles. The highest BCUT2D eigenvalue weighted by Crippen LogP contribution is 2.38. The van der Waals surface area contributed by atoms with Crippen LogP contribution in [0.15, 0.2) is 0 Å². The van der Waals surface area contributed by atoms with Crippen molar-refractivity contribution < 1.29 is 4.79 Å². The van der Waals surface area contributed by atoms with Crippen molar-refractivity contribution in [1.82, 2.24) is 10.2 Å². The second-order valence-corrected chi connectivity index (χ2v) is 6.96. The van der Waals surface area contributed by atoms with Crippen molar-refractivity contribution in [2.45, 2.75) is 64.3 Å². The van der Waals surface area contributed by atoms with Crippen LogP contribution < -0.4 is 11.1 Å². The number of hydrogen-bond donors (Lipinski definition) is 2. The number of piperidine rings is 1. The fourth-order valence-corrected chi connectivity index (χ4v) is 4.45. The molecule has 1 heterocycles. The quantitative estimate of drug-likeness (QED) is 0.756. The van der Waals surface area contributed by atoms with Gasteiger partial charge in [-0.05, 0) is 63.6 Å². The van der Waals surface area contributed by atoms with Crippen molar-refractivity contribution in [3.63, 3.8) is 0 Å². The molecule has 122 valence electrons. The molecular formula is C17H33N3O. The molecule has 0 radical (unpaired) electrons. The maximum absolute atomic E-state index is 12.0. The predicted molar refractivity (Wildman–Crippen MR) is 87.0 cm³/mol. The zero-order chi connectivity index (χ0) is 15.3. The summed E-state index contributed by atoms with van der Waals surface area (Å²) < 4.78 is 0. The van der Waals surface area contributed by atoms with Gasteiger partial charge in [0.2, 0.25) is 5.91 Å². The van der Waals surface area contributed by atoms with Gasteiger partial charge in [0.15, 0.2) is 0 Å². The van der Waals surface area contributed by atoms with Gasteiger partial charge in [-0.15, -0.1) is 0 Å². The van der Waals surface area contributed by atoms with Crippen LogP contribution >= 0.6 is 0 Å². The van der Waals surface area contributed by atoms with Crippen molar-refractivity contribution >= 4 is 5.91 Å². The first kappa shape index (κ1) is 16.8. The molecule has 1 saturated heterocycles. The normalized spacial score (nSPS) is 34.2. The number of carbonyl (C=O) groups excluding carboxylic acids is 1. The average Bonchev–Trinajstić information content (AvgIpc) is 2.90. The molecule has 1 saturated carbocycles. The predicted octanol–water partition coefficient (Wildman–Crippen LogP) is 2.13. The molecule has 0 aromatic heterocycles. The van der Waals surface area contributed by atoms with Gasteiger partial charge in [-0.25, -0.2) is 0 Å². The Kier molecular flexibility index (Phi) is 6.06. The molecule has 2 rings (SSSR count). The highest BCUT2D eigenvalue weighted by atomic mass is 16.1. The van der Waals surface area contributed by atoms with E-state index in [1.54, 1.807) is 0 Å². The molecule has 0 spiro atoms. The summed E-state index contributed by atoms with van der Waals surface area (Å²) in [5.41, 5.74) is 5.31. The Balaban J connectivity index is 1.90. The van der Waals surface area contributed by atoms with E-state index < -0.39 is 5.54 Å². The van der Waals surface area contributed by atoms with E-state index in [0.717, 1.165) is 44.7 Å². The Labute approximate surface area is 129 Å². The van der Waals surface area contributed by atoms with E-state index in [9.17, 15) is 4.79 Å². The standard InChI is InChI=1S/C17H33N3O/c1-3-14-7-6-11-20(13-14)12-9-15-8-5-10-17(15,16(18)21)19-4-2/h14-15,19H,3-13H2,1-2H3,(H2,18,21). The van der Waals surface area contributed by atoms with E-state index in [1.807, 2.05) is 0 Å². The van der Waals surface area contributed by atoms with E-state index in [4.69, 9.17) is 5.73 Å². The molecular weight excluding hydrogens is 262 g/mol. The highest BCUT2D eigenvalue weighted by Gasteiger charge is 2.46. The van der Waals surface area contributed by atoms with Crippen molar-refractivity contribution in [3.05, 3.63) is 0 Å². The van der Waals surface area contributed by atoms with E-state index >= 15 is 0 Å². The minimum atomic E-state index is -0.436. The van der Waals surface area contributed by atoms with Gasteiger partial charge in [0.05, 0.1) is 0 Å². The summed E-state index contributed by atoms with van der Waals surface area (Å²) in [6.07, 6.45) is 8.29. The fourth-order valence-electron chi connectivity index (χ4n) is 4.45. The van der Waals surface area contributed by atoms with Crippen molar-refractivity contribution in [3.8, 4) is 0 Å². The van der Waals surface area contributed by atoms with Crippen molar-refractivity contribution in [2.75, 3.05) is 26.2 Å². The van der Waals surface area contributed by atoms with E-state index in [1.165, 1.54) is 32.4 Å². The van der Waals surface area contributed by atoms with Gasteiger partial charge in [-0.2, -0.15) is 0 Å². The number of amides is 1. The Bertz CT molecular complexity index is 347. The summed E-state index contributed by atoms with van der Waals surface area (Å²) in [6.45, 7) is 8.79. The number of rotatable bonds is 7. The van der Waals surface area contributed by atoms with Gasteiger partial charge in [-0.1, -0.05) is 26.7 Å². The van der Waals surface area contributed by atoms with Crippen LogP contribution in [0, 0.1) is 11.8 Å². The molecule has 0 aromatic rings. The topological polar surface area (TPSA) is 58.4 Å². The first-order valence-electron chi connectivity index (χ1n) is 8.89. The first-order chi connectivity index (χ1) is 10.1. The van der Waals surface area contributed by atoms with Gasteiger partial charge in [0.25, 0.3) is 0 Å². The molecule has 0 bridgehead atoms. The number of nitrogens with two attached hydrogens (primary N) is 1. The summed E-state index contributed by atoms with van der Waals surface area (Å²) in [5.74, 6) is 1.14. The Morgan fingerprint density at radius 1 is 1.33 bits per heavy atom. The third-order valence-electron chi connectivity index (χ3n) is 5.73. The molecule has 1 aliphatic heterocycles. The van der Waals surface area contributed by atoms with Crippen LogP contribution in [0.25, 0.3) is 0 Å². The number of likely N-dealkylation sites (N-methyl/N-ethyl adjacent to an activating group) is 1. The summed E-state index contributed by atoms with van der Waals surface area (Å²) in [4.78, 5) is 14.6. The van der Waals surface area contributed by atoms with Crippen LogP contribution in [-0.4, -0.2) is 42.5 Å². The molecule has 0 aromatic carbocycles. The van der Waals surface area contributed by atoms with Gasteiger partial charge in [0, 0.05) is 6.54 Å². The maximum Gasteiger partial charge on any atom is 0.238 e. The lowest BCUT2D eigenvalue weighted by atomic mass is 9.83. The lowest BCUT2D eigenvalue weighted by Gasteiger charge is -2.36. The second-order valence-electron chi connectivity index (χ2n) is 6.96. The van der Waals surface area contributed by atoms with E-state index in [2.05, 4.69) is 24.1 Å². The summed E-state index contributed by atoms with van der Waals surface area (Å²) >= 11 is 0. The summed E-state index contributed by atoms with van der Waals surface area (Å²) in [5, 5.41) is 3.42. The minimum Gasteiger partial charge on any atom is -0.368 e. The third-order valence-corrected chi connectivity index (χ3v) is 5.73. The van der Waals surface area contributed by atoms with Gasteiger partial charge < -0.3 is 16.0 Å². The lowest BCUT2D eigenvalue weighted by molar-refractivity contribution is -0.126. The molecule has 3 unspecified atom stereocenters. The summed E-state index contributed by atoms with van der Waals surface area (Å²) in [6, 6.07) is 0. The van der Waals surface area contributed by atoms with Crippen LogP contribution in [0.3, 0.4) is 0 Å². The molecule has 3 atom stereocenters. The largest absolute Gasteiger partial charge is 0.368 e. The molecule has 1 amide bonds. The molecule has 4 heteroatoms. The number of primary amides is 1. The highest BCUT2D eigenvalue weighted by molar-refractivity contribution is 5.85. The van der Waals surface area contributed by atoms with Gasteiger partial charge >= 0.3 is 0 Å². The molecule has 2 fully saturated rings. The van der Waals surface area contributed by atoms with E-state index in [0.29, 0.717) is 5.92 Å². The molecule has 2 aliphatic rings. The molecule has 3 N–H and O–H groups in total. The van der Waals surface area contributed by atoms with E-state index in [-0.39, 0.29) is 5.91 Å².